The minimum Gasteiger partial charge on any atom is -0.462 e. The lowest BCUT2D eigenvalue weighted by atomic mass is 10.1. The molecule has 0 saturated carbocycles. The molecule has 0 fully saturated rings. The summed E-state index contributed by atoms with van der Waals surface area (Å²) >= 11 is 10.6. The van der Waals surface area contributed by atoms with Gasteiger partial charge in [-0.15, -0.1) is 0 Å². The second kappa shape index (κ2) is 6.93. The SMILES string of the molecule is CCOC(=O)c1ccc(C=NNC(N)=S)cc1Cl. The second-order valence-electron chi connectivity index (χ2n) is 3.19. The summed E-state index contributed by atoms with van der Waals surface area (Å²) in [5.41, 5.74) is 8.64. The number of rotatable bonds is 4. The molecule has 0 spiro atoms. The zero-order chi connectivity index (χ0) is 13.5. The quantitative estimate of drug-likeness (QED) is 0.381. The van der Waals surface area contributed by atoms with Gasteiger partial charge in [-0.2, -0.15) is 5.10 Å². The Morgan fingerprint density at radius 2 is 2.39 bits per heavy atom. The Labute approximate surface area is 115 Å². The van der Waals surface area contributed by atoms with Crippen LogP contribution in [0.25, 0.3) is 0 Å². The highest BCUT2D eigenvalue weighted by atomic mass is 35.5. The summed E-state index contributed by atoms with van der Waals surface area (Å²) in [5.74, 6) is -0.452. The molecule has 0 aliphatic heterocycles. The van der Waals surface area contributed by atoms with E-state index in [1.807, 2.05) is 0 Å². The van der Waals surface area contributed by atoms with E-state index in [2.05, 4.69) is 22.7 Å². The Balaban J connectivity index is 2.82. The van der Waals surface area contributed by atoms with Crippen LogP contribution in [0, 0.1) is 0 Å². The first kappa shape index (κ1) is 14.4. The summed E-state index contributed by atoms with van der Waals surface area (Å²) in [7, 11) is 0. The first-order valence-corrected chi connectivity index (χ1v) is 5.88. The van der Waals surface area contributed by atoms with Gasteiger partial charge in [0.25, 0.3) is 0 Å². The van der Waals surface area contributed by atoms with Gasteiger partial charge in [0.15, 0.2) is 5.11 Å². The highest BCUT2D eigenvalue weighted by Gasteiger charge is 2.10. The average Bonchev–Trinajstić information content (AvgIpc) is 2.28. The van der Waals surface area contributed by atoms with E-state index < -0.39 is 5.97 Å². The summed E-state index contributed by atoms with van der Waals surface area (Å²) in [4.78, 5) is 11.5. The first-order valence-electron chi connectivity index (χ1n) is 5.09. The van der Waals surface area contributed by atoms with Gasteiger partial charge in [0.2, 0.25) is 0 Å². The third-order valence-electron chi connectivity index (χ3n) is 1.88. The molecule has 5 nitrogen and oxygen atoms in total. The summed E-state index contributed by atoms with van der Waals surface area (Å²) in [5, 5.41) is 4.15. The number of hydrogen-bond donors (Lipinski definition) is 2. The van der Waals surface area contributed by atoms with Crippen LogP contribution < -0.4 is 11.2 Å². The zero-order valence-corrected chi connectivity index (χ0v) is 11.2. The number of nitrogens with two attached hydrogens (primary N) is 1. The number of hydrazone groups is 1. The van der Waals surface area contributed by atoms with Crippen LogP contribution in [0.4, 0.5) is 0 Å². The normalized spacial score (nSPS) is 10.3. The van der Waals surface area contributed by atoms with Gasteiger partial charge in [-0.1, -0.05) is 17.7 Å². The molecule has 18 heavy (non-hydrogen) atoms. The highest BCUT2D eigenvalue weighted by molar-refractivity contribution is 7.80. The van der Waals surface area contributed by atoms with Crippen LogP contribution in [0.5, 0.6) is 0 Å². The monoisotopic (exact) mass is 285 g/mol. The molecular formula is C11H12ClN3O2S. The van der Waals surface area contributed by atoms with Crippen LogP contribution in [0.3, 0.4) is 0 Å². The average molecular weight is 286 g/mol. The van der Waals surface area contributed by atoms with Crippen molar-refractivity contribution < 1.29 is 9.53 Å². The van der Waals surface area contributed by atoms with Crippen LogP contribution in [0.15, 0.2) is 23.3 Å². The summed E-state index contributed by atoms with van der Waals surface area (Å²) in [6.07, 6.45) is 1.49. The Morgan fingerprint density at radius 3 is 2.94 bits per heavy atom. The van der Waals surface area contributed by atoms with Gasteiger partial charge >= 0.3 is 5.97 Å². The molecule has 0 heterocycles. The van der Waals surface area contributed by atoms with Crippen molar-refractivity contribution in [3.8, 4) is 0 Å². The third-order valence-corrected chi connectivity index (χ3v) is 2.28. The summed E-state index contributed by atoms with van der Waals surface area (Å²) in [6.45, 7) is 2.03. The van der Waals surface area contributed by atoms with E-state index in [-0.39, 0.29) is 5.11 Å². The van der Waals surface area contributed by atoms with Crippen molar-refractivity contribution in [3.63, 3.8) is 0 Å². The van der Waals surface area contributed by atoms with Gasteiger partial charge in [-0.25, -0.2) is 4.79 Å². The van der Waals surface area contributed by atoms with Crippen molar-refractivity contribution in [3.05, 3.63) is 34.3 Å². The molecule has 1 aromatic carbocycles. The lowest BCUT2D eigenvalue weighted by molar-refractivity contribution is 0.0526. The van der Waals surface area contributed by atoms with E-state index in [1.54, 1.807) is 25.1 Å². The Hall–Kier alpha value is -1.66. The number of thiocarbonyl (C=S) groups is 1. The number of ether oxygens (including phenoxy) is 1. The molecule has 0 atom stereocenters. The molecule has 3 N–H and O–H groups in total. The fourth-order valence-electron chi connectivity index (χ4n) is 1.16. The maximum Gasteiger partial charge on any atom is 0.339 e. The molecule has 1 aromatic rings. The molecular weight excluding hydrogens is 274 g/mol. The van der Waals surface area contributed by atoms with Crippen molar-refractivity contribution in [2.45, 2.75) is 6.92 Å². The van der Waals surface area contributed by atoms with E-state index >= 15 is 0 Å². The van der Waals surface area contributed by atoms with Gasteiger partial charge in [0, 0.05) is 0 Å². The number of nitrogens with one attached hydrogen (secondary N) is 1. The van der Waals surface area contributed by atoms with Crippen LogP contribution in [-0.4, -0.2) is 23.9 Å². The predicted molar refractivity (Wildman–Crippen MR) is 74.9 cm³/mol. The van der Waals surface area contributed by atoms with Crippen molar-refractivity contribution in [2.75, 3.05) is 6.61 Å². The highest BCUT2D eigenvalue weighted by Crippen LogP contribution is 2.18. The van der Waals surface area contributed by atoms with E-state index in [9.17, 15) is 4.79 Å². The Kier molecular flexibility index (Phi) is 5.54. The van der Waals surface area contributed by atoms with Gasteiger partial charge in [-0.05, 0) is 36.8 Å². The molecule has 0 aliphatic carbocycles. The van der Waals surface area contributed by atoms with Crippen molar-refractivity contribution in [1.29, 1.82) is 0 Å². The van der Waals surface area contributed by atoms with Crippen LogP contribution in [0.1, 0.15) is 22.8 Å². The van der Waals surface area contributed by atoms with E-state index in [0.29, 0.717) is 22.8 Å². The van der Waals surface area contributed by atoms with Crippen molar-refractivity contribution in [2.24, 2.45) is 10.8 Å². The maximum absolute atomic E-state index is 11.5. The van der Waals surface area contributed by atoms with Crippen molar-refractivity contribution in [1.82, 2.24) is 5.43 Å². The summed E-state index contributed by atoms with van der Waals surface area (Å²) in [6, 6.07) is 4.85. The number of hydrogen-bond acceptors (Lipinski definition) is 4. The summed E-state index contributed by atoms with van der Waals surface area (Å²) < 4.78 is 4.86. The number of carbonyl (C=O) groups is 1. The topological polar surface area (TPSA) is 76.7 Å². The van der Waals surface area contributed by atoms with E-state index in [1.165, 1.54) is 6.21 Å². The third kappa shape index (κ3) is 4.31. The molecule has 7 heteroatoms. The zero-order valence-electron chi connectivity index (χ0n) is 9.64. The molecule has 0 aromatic heterocycles. The second-order valence-corrected chi connectivity index (χ2v) is 4.04. The number of halogens is 1. The van der Waals surface area contributed by atoms with Gasteiger partial charge in [0.1, 0.15) is 0 Å². The molecule has 0 saturated heterocycles. The standard InChI is InChI=1S/C11H12ClN3O2S/c1-2-17-10(16)8-4-3-7(5-9(8)12)6-14-15-11(13)18/h3-6H,2H2,1H3,(H3,13,15,18). The molecule has 0 unspecified atom stereocenters. The maximum atomic E-state index is 11.5. The minimum atomic E-state index is -0.452. The Bertz CT molecular complexity index is 491. The molecule has 0 aliphatic rings. The van der Waals surface area contributed by atoms with E-state index in [0.717, 1.165) is 0 Å². The number of carbonyl (C=O) groups excluding carboxylic acids is 1. The van der Waals surface area contributed by atoms with Gasteiger partial charge in [-0.3, -0.25) is 5.43 Å². The van der Waals surface area contributed by atoms with Crippen LogP contribution in [0.2, 0.25) is 5.02 Å². The minimum absolute atomic E-state index is 0.0699. The Morgan fingerprint density at radius 1 is 1.67 bits per heavy atom. The van der Waals surface area contributed by atoms with Crippen LogP contribution >= 0.6 is 23.8 Å². The lowest BCUT2D eigenvalue weighted by Gasteiger charge is -2.04. The number of esters is 1. The molecule has 0 amide bonds. The molecule has 0 radical (unpaired) electrons. The van der Waals surface area contributed by atoms with Gasteiger partial charge < -0.3 is 10.5 Å². The molecule has 1 rings (SSSR count). The molecule has 0 bridgehead atoms. The van der Waals surface area contributed by atoms with Crippen molar-refractivity contribution >= 4 is 41.1 Å². The fraction of sp³-hybridized carbons (Fsp3) is 0.182. The fourth-order valence-corrected chi connectivity index (χ4v) is 1.48. The molecule has 96 valence electrons. The largest absolute Gasteiger partial charge is 0.462 e. The number of benzene rings is 1. The van der Waals surface area contributed by atoms with Gasteiger partial charge in [0.05, 0.1) is 23.4 Å². The smallest absolute Gasteiger partial charge is 0.339 e. The lowest BCUT2D eigenvalue weighted by Crippen LogP contribution is -2.23. The van der Waals surface area contributed by atoms with Crippen LogP contribution in [-0.2, 0) is 4.74 Å². The predicted octanol–water partition coefficient (Wildman–Crippen LogP) is 1.68. The first-order chi connectivity index (χ1) is 8.54. The van der Waals surface area contributed by atoms with E-state index in [4.69, 9.17) is 22.1 Å². The number of nitrogens with zero attached hydrogens (tertiary/aromatic N) is 1.